The normalized spacial score (nSPS) is 17.5. The summed E-state index contributed by atoms with van der Waals surface area (Å²) in [7, 11) is 0. The highest BCUT2D eigenvalue weighted by atomic mass is 16.3. The van der Waals surface area contributed by atoms with E-state index in [9.17, 15) is 10.1 Å². The average molecular weight is 487 g/mol. The van der Waals surface area contributed by atoms with Crippen molar-refractivity contribution in [3.05, 3.63) is 78.6 Å². The van der Waals surface area contributed by atoms with Gasteiger partial charge in [0.25, 0.3) is 0 Å². The van der Waals surface area contributed by atoms with Gasteiger partial charge in [-0.05, 0) is 72.7 Å². The second-order valence-electron chi connectivity index (χ2n) is 10.3. The molecule has 0 spiro atoms. The Morgan fingerprint density at radius 2 is 1.78 bits per heavy atom. The monoisotopic (exact) mass is 486 g/mol. The van der Waals surface area contributed by atoms with Gasteiger partial charge in [-0.1, -0.05) is 30.3 Å². The standard InChI is InChI=1S/C31H26N4O2/c32-17-20-1-9-27-28(15-20)35(19-21-11-13-34(18-21)31(36)24-6-7-24)30(33-27)23-4-2-22(3-5-23)25-8-10-29-26(16-25)12-14-37-29/h1-5,8-10,12,14-16,21,24H,6-7,11,13,18-19H2/t21-/m0/s1. The van der Waals surface area contributed by atoms with E-state index >= 15 is 0 Å². The summed E-state index contributed by atoms with van der Waals surface area (Å²) >= 11 is 0. The number of nitrogens with zero attached hydrogens (tertiary/aromatic N) is 4. The van der Waals surface area contributed by atoms with E-state index in [4.69, 9.17) is 9.40 Å². The Kier molecular flexibility index (Phi) is 5.10. The molecule has 7 rings (SSSR count). The van der Waals surface area contributed by atoms with E-state index in [1.54, 1.807) is 6.26 Å². The van der Waals surface area contributed by atoms with Crippen molar-refractivity contribution in [2.45, 2.75) is 25.8 Å². The molecule has 1 aliphatic heterocycles. The Bertz CT molecular complexity index is 1680. The predicted molar refractivity (Wildman–Crippen MR) is 143 cm³/mol. The summed E-state index contributed by atoms with van der Waals surface area (Å²) in [6.45, 7) is 2.40. The largest absolute Gasteiger partial charge is 0.464 e. The van der Waals surface area contributed by atoms with Gasteiger partial charge >= 0.3 is 0 Å². The summed E-state index contributed by atoms with van der Waals surface area (Å²) in [5, 5.41) is 10.6. The van der Waals surface area contributed by atoms with Crippen LogP contribution in [0.5, 0.6) is 0 Å². The fourth-order valence-corrected chi connectivity index (χ4v) is 5.58. The lowest BCUT2D eigenvalue weighted by molar-refractivity contribution is -0.131. The summed E-state index contributed by atoms with van der Waals surface area (Å²) in [5.74, 6) is 1.85. The molecule has 2 fully saturated rings. The SMILES string of the molecule is N#Cc1ccc2nc(-c3ccc(-c4ccc5occc5c4)cc3)n(C[C@H]3CCN(C(=O)C4CC4)C3)c2c1. The van der Waals surface area contributed by atoms with Crippen molar-refractivity contribution in [2.75, 3.05) is 13.1 Å². The van der Waals surface area contributed by atoms with Gasteiger partial charge in [-0.2, -0.15) is 5.26 Å². The van der Waals surface area contributed by atoms with Crippen molar-refractivity contribution < 1.29 is 9.21 Å². The summed E-state index contributed by atoms with van der Waals surface area (Å²) < 4.78 is 7.73. The molecular formula is C31H26N4O2. The number of carbonyl (C=O) groups is 1. The number of furan rings is 1. The van der Waals surface area contributed by atoms with Crippen LogP contribution in [0.15, 0.2) is 77.4 Å². The van der Waals surface area contributed by atoms with Gasteiger partial charge in [-0.15, -0.1) is 0 Å². The number of fused-ring (bicyclic) bond motifs is 2. The maximum absolute atomic E-state index is 12.6. The van der Waals surface area contributed by atoms with Gasteiger partial charge in [0.05, 0.1) is 28.9 Å². The minimum absolute atomic E-state index is 0.259. The second kappa shape index (κ2) is 8.63. The van der Waals surface area contributed by atoms with Gasteiger partial charge in [0.1, 0.15) is 11.4 Å². The molecule has 182 valence electrons. The highest BCUT2D eigenvalue weighted by Crippen LogP contribution is 2.35. The summed E-state index contributed by atoms with van der Waals surface area (Å²) in [5.41, 5.74) is 6.66. The first-order valence-electron chi connectivity index (χ1n) is 12.9. The van der Waals surface area contributed by atoms with Crippen LogP contribution in [0.1, 0.15) is 24.8 Å². The number of nitriles is 1. The highest BCUT2D eigenvalue weighted by molar-refractivity contribution is 5.85. The molecule has 6 heteroatoms. The molecule has 0 N–H and O–H groups in total. The highest BCUT2D eigenvalue weighted by Gasteiger charge is 2.36. The van der Waals surface area contributed by atoms with E-state index in [-0.39, 0.29) is 5.92 Å². The number of carbonyl (C=O) groups excluding carboxylic acids is 1. The first-order chi connectivity index (χ1) is 18.2. The van der Waals surface area contributed by atoms with Crippen molar-refractivity contribution in [3.8, 4) is 28.6 Å². The zero-order valence-electron chi connectivity index (χ0n) is 20.4. The first-order valence-corrected chi connectivity index (χ1v) is 12.9. The predicted octanol–water partition coefficient (Wildman–Crippen LogP) is 6.25. The minimum Gasteiger partial charge on any atom is -0.464 e. The molecule has 2 aromatic heterocycles. The van der Waals surface area contributed by atoms with E-state index in [1.807, 2.05) is 35.2 Å². The smallest absolute Gasteiger partial charge is 0.225 e. The van der Waals surface area contributed by atoms with Gasteiger partial charge in [0, 0.05) is 36.5 Å². The lowest BCUT2D eigenvalue weighted by Crippen LogP contribution is -2.30. The van der Waals surface area contributed by atoms with E-state index in [1.165, 1.54) is 0 Å². The number of hydrogen-bond acceptors (Lipinski definition) is 4. The third kappa shape index (κ3) is 3.97. The number of hydrogen-bond donors (Lipinski definition) is 0. The molecule has 1 atom stereocenters. The van der Waals surface area contributed by atoms with Crippen LogP contribution in [0.4, 0.5) is 0 Å². The minimum atomic E-state index is 0.259. The van der Waals surface area contributed by atoms with Crippen LogP contribution in [0.2, 0.25) is 0 Å². The molecule has 1 saturated carbocycles. The maximum atomic E-state index is 12.6. The zero-order valence-corrected chi connectivity index (χ0v) is 20.4. The molecule has 37 heavy (non-hydrogen) atoms. The van der Waals surface area contributed by atoms with Crippen molar-refractivity contribution in [2.24, 2.45) is 11.8 Å². The number of benzene rings is 3. The van der Waals surface area contributed by atoms with Gasteiger partial charge < -0.3 is 13.9 Å². The van der Waals surface area contributed by atoms with Crippen LogP contribution in [0.3, 0.4) is 0 Å². The quantitative estimate of drug-likeness (QED) is 0.294. The first kappa shape index (κ1) is 21.9. The van der Waals surface area contributed by atoms with Crippen LogP contribution in [0.25, 0.3) is 44.5 Å². The fourth-order valence-electron chi connectivity index (χ4n) is 5.58. The molecule has 3 heterocycles. The molecular weight excluding hydrogens is 460 g/mol. The summed E-state index contributed by atoms with van der Waals surface area (Å²) in [4.78, 5) is 19.7. The van der Waals surface area contributed by atoms with Gasteiger partial charge in [-0.25, -0.2) is 4.98 Å². The summed E-state index contributed by atoms with van der Waals surface area (Å²) in [6.07, 6.45) is 4.79. The molecule has 0 bridgehead atoms. The van der Waals surface area contributed by atoms with Crippen molar-refractivity contribution in [1.82, 2.24) is 14.5 Å². The third-order valence-electron chi connectivity index (χ3n) is 7.77. The molecule has 5 aromatic rings. The van der Waals surface area contributed by atoms with Crippen LogP contribution >= 0.6 is 0 Å². The van der Waals surface area contributed by atoms with Gasteiger partial charge in [0.15, 0.2) is 0 Å². The molecule has 1 saturated heterocycles. The number of imidazole rings is 1. The lowest BCUT2D eigenvalue weighted by Gasteiger charge is -2.18. The number of rotatable bonds is 5. The van der Waals surface area contributed by atoms with Crippen LogP contribution in [0, 0.1) is 23.2 Å². The lowest BCUT2D eigenvalue weighted by atomic mass is 10.0. The number of likely N-dealkylation sites (tertiary alicyclic amines) is 1. The Morgan fingerprint density at radius 3 is 2.59 bits per heavy atom. The average Bonchev–Trinajstić information content (AvgIpc) is 3.33. The third-order valence-corrected chi connectivity index (χ3v) is 7.77. The molecule has 0 radical (unpaired) electrons. The number of amides is 1. The molecule has 1 amide bonds. The van der Waals surface area contributed by atoms with E-state index in [2.05, 4.69) is 47.0 Å². The Morgan fingerprint density at radius 1 is 0.973 bits per heavy atom. The molecule has 2 aliphatic rings. The van der Waals surface area contributed by atoms with E-state index in [0.29, 0.717) is 17.4 Å². The Labute approximate surface area is 214 Å². The second-order valence-corrected chi connectivity index (χ2v) is 10.3. The van der Waals surface area contributed by atoms with Crippen molar-refractivity contribution in [1.29, 1.82) is 5.26 Å². The van der Waals surface area contributed by atoms with Crippen LogP contribution < -0.4 is 0 Å². The molecule has 0 unspecified atom stereocenters. The zero-order chi connectivity index (χ0) is 24.9. The Balaban J connectivity index is 1.23. The van der Waals surface area contributed by atoms with Crippen molar-refractivity contribution in [3.63, 3.8) is 0 Å². The van der Waals surface area contributed by atoms with Crippen LogP contribution in [-0.2, 0) is 11.3 Å². The summed E-state index contributed by atoms with van der Waals surface area (Å²) in [6, 6.07) is 24.7. The number of aromatic nitrogens is 2. The maximum Gasteiger partial charge on any atom is 0.225 e. The van der Waals surface area contributed by atoms with E-state index in [0.717, 1.165) is 83.4 Å². The van der Waals surface area contributed by atoms with Crippen molar-refractivity contribution >= 4 is 27.9 Å². The van der Waals surface area contributed by atoms with Gasteiger partial charge in [-0.3, -0.25) is 4.79 Å². The molecule has 6 nitrogen and oxygen atoms in total. The van der Waals surface area contributed by atoms with E-state index < -0.39 is 0 Å². The fraction of sp³-hybridized carbons (Fsp3) is 0.258. The van der Waals surface area contributed by atoms with Crippen LogP contribution in [-0.4, -0.2) is 33.4 Å². The topological polar surface area (TPSA) is 75.1 Å². The molecule has 1 aliphatic carbocycles. The molecule has 3 aromatic carbocycles. The van der Waals surface area contributed by atoms with Gasteiger partial charge in [0.2, 0.25) is 5.91 Å². The Hall–Kier alpha value is -4.37.